The third-order valence-corrected chi connectivity index (χ3v) is 17.2. The molecule has 0 amide bonds. The first-order chi connectivity index (χ1) is 44.0. The number of quaternary nitrogens is 1. The second-order valence-corrected chi connectivity index (χ2v) is 27.7. The van der Waals surface area contributed by atoms with Gasteiger partial charge in [0.05, 0.1) is 27.7 Å². The fraction of sp³-hybridized carbons (Fsp3) is 0.750. The molecule has 0 aromatic rings. The van der Waals surface area contributed by atoms with Gasteiger partial charge in [0, 0.05) is 12.8 Å². The summed E-state index contributed by atoms with van der Waals surface area (Å²) in [7, 11) is 1.17. The highest BCUT2D eigenvalue weighted by Crippen LogP contribution is 2.38. The van der Waals surface area contributed by atoms with Crippen molar-refractivity contribution in [2.45, 2.75) is 341 Å². The largest absolute Gasteiger partial charge is 0.756 e. The third-order valence-electron chi connectivity index (χ3n) is 16.3. The monoisotopic (exact) mass is 1280 g/mol. The zero-order valence-electron chi connectivity index (χ0n) is 59.3. The van der Waals surface area contributed by atoms with Gasteiger partial charge in [-0.15, -0.1) is 0 Å². The Hall–Kier alpha value is -3.33. The molecular formula is C80H142NO8P. The number of phosphoric acid groups is 1. The Kier molecular flexibility index (Phi) is 67.4. The molecule has 9 nitrogen and oxygen atoms in total. The van der Waals surface area contributed by atoms with E-state index in [1.807, 2.05) is 21.1 Å². The molecule has 0 fully saturated rings. The van der Waals surface area contributed by atoms with E-state index in [0.29, 0.717) is 17.4 Å². The van der Waals surface area contributed by atoms with Crippen LogP contribution in [0.25, 0.3) is 0 Å². The van der Waals surface area contributed by atoms with Crippen LogP contribution in [0.1, 0.15) is 335 Å². The van der Waals surface area contributed by atoms with Crippen molar-refractivity contribution in [3.8, 4) is 0 Å². The van der Waals surface area contributed by atoms with Gasteiger partial charge in [-0.2, -0.15) is 0 Å². The van der Waals surface area contributed by atoms with E-state index in [9.17, 15) is 19.0 Å². The Morgan fingerprint density at radius 2 is 0.633 bits per heavy atom. The average Bonchev–Trinajstić information content (AvgIpc) is 3.58. The number of unbranched alkanes of at least 4 members (excludes halogenated alkanes) is 37. The number of allylic oxidation sites excluding steroid dienone is 18. The predicted octanol–water partition coefficient (Wildman–Crippen LogP) is 24.2. The van der Waals surface area contributed by atoms with Gasteiger partial charge in [0.25, 0.3) is 7.82 Å². The number of carbonyl (C=O) groups is 2. The smallest absolute Gasteiger partial charge is 0.306 e. The molecule has 0 aliphatic carbocycles. The number of carbonyl (C=O) groups excluding carboxylic acids is 2. The van der Waals surface area contributed by atoms with Crippen LogP contribution in [0, 0.1) is 0 Å². The Balaban J connectivity index is 4.03. The van der Waals surface area contributed by atoms with Gasteiger partial charge in [0.2, 0.25) is 0 Å². The first-order valence-corrected chi connectivity index (χ1v) is 39.1. The van der Waals surface area contributed by atoms with Crippen molar-refractivity contribution in [2.24, 2.45) is 0 Å². The van der Waals surface area contributed by atoms with Crippen LogP contribution >= 0.6 is 7.82 Å². The summed E-state index contributed by atoms with van der Waals surface area (Å²) < 4.78 is 34.4. The van der Waals surface area contributed by atoms with E-state index in [1.165, 1.54) is 212 Å². The van der Waals surface area contributed by atoms with Crippen LogP contribution in [-0.2, 0) is 32.7 Å². The van der Waals surface area contributed by atoms with E-state index in [4.69, 9.17) is 18.5 Å². The maximum atomic E-state index is 12.9. The van der Waals surface area contributed by atoms with Crippen molar-refractivity contribution >= 4 is 19.8 Å². The highest BCUT2D eigenvalue weighted by atomic mass is 31.2. The Morgan fingerprint density at radius 1 is 0.356 bits per heavy atom. The molecule has 0 aliphatic rings. The summed E-state index contributed by atoms with van der Waals surface area (Å²) in [5, 5.41) is 0. The van der Waals surface area contributed by atoms with Gasteiger partial charge < -0.3 is 27.9 Å². The summed E-state index contributed by atoms with van der Waals surface area (Å²) in [4.78, 5) is 38.1. The van der Waals surface area contributed by atoms with Crippen molar-refractivity contribution in [1.29, 1.82) is 0 Å². The minimum Gasteiger partial charge on any atom is -0.756 e. The number of hydrogen-bond acceptors (Lipinski definition) is 8. The van der Waals surface area contributed by atoms with E-state index < -0.39 is 26.5 Å². The number of esters is 2. The molecule has 0 N–H and O–H groups in total. The molecule has 0 rings (SSSR count). The summed E-state index contributed by atoms with van der Waals surface area (Å²) >= 11 is 0. The van der Waals surface area contributed by atoms with Gasteiger partial charge in [-0.05, 0) is 103 Å². The maximum absolute atomic E-state index is 12.9. The van der Waals surface area contributed by atoms with Crippen LogP contribution in [0.5, 0.6) is 0 Å². The van der Waals surface area contributed by atoms with Crippen molar-refractivity contribution < 1.29 is 42.1 Å². The number of hydrogen-bond donors (Lipinski definition) is 0. The first kappa shape index (κ1) is 86.7. The summed E-state index contributed by atoms with van der Waals surface area (Å²) in [6.45, 7) is 4.16. The number of nitrogens with zero attached hydrogens (tertiary/aromatic N) is 1. The van der Waals surface area contributed by atoms with Crippen LogP contribution in [-0.4, -0.2) is 70.0 Å². The number of rotatable bonds is 69. The van der Waals surface area contributed by atoms with E-state index in [-0.39, 0.29) is 32.0 Å². The Morgan fingerprint density at radius 3 is 0.956 bits per heavy atom. The quantitative estimate of drug-likeness (QED) is 0.0195. The molecule has 10 heteroatoms. The minimum atomic E-state index is -4.65. The van der Waals surface area contributed by atoms with Gasteiger partial charge in [0.1, 0.15) is 19.8 Å². The van der Waals surface area contributed by atoms with Crippen molar-refractivity contribution in [1.82, 2.24) is 0 Å². The van der Waals surface area contributed by atoms with Crippen molar-refractivity contribution in [3.63, 3.8) is 0 Å². The van der Waals surface area contributed by atoms with E-state index in [1.54, 1.807) is 0 Å². The van der Waals surface area contributed by atoms with Crippen molar-refractivity contribution in [3.05, 3.63) is 109 Å². The zero-order valence-corrected chi connectivity index (χ0v) is 60.2. The van der Waals surface area contributed by atoms with Crippen LogP contribution in [0.2, 0.25) is 0 Å². The van der Waals surface area contributed by atoms with Gasteiger partial charge in [0.15, 0.2) is 6.10 Å². The van der Waals surface area contributed by atoms with Gasteiger partial charge in [-0.3, -0.25) is 14.2 Å². The van der Waals surface area contributed by atoms with Crippen LogP contribution in [0.3, 0.4) is 0 Å². The lowest BCUT2D eigenvalue weighted by atomic mass is 10.0. The van der Waals surface area contributed by atoms with Crippen LogP contribution in [0.15, 0.2) is 109 Å². The summed E-state index contributed by atoms with van der Waals surface area (Å²) in [6.07, 6.45) is 99.0. The molecule has 0 spiro atoms. The predicted molar refractivity (Wildman–Crippen MR) is 388 cm³/mol. The highest BCUT2D eigenvalue weighted by Gasteiger charge is 2.22. The minimum absolute atomic E-state index is 0.0337. The lowest BCUT2D eigenvalue weighted by Crippen LogP contribution is -2.37. The van der Waals surface area contributed by atoms with E-state index >= 15 is 0 Å². The van der Waals surface area contributed by atoms with Gasteiger partial charge in [-0.25, -0.2) is 0 Å². The Bertz CT molecular complexity index is 1890. The lowest BCUT2D eigenvalue weighted by Gasteiger charge is -2.28. The molecule has 2 atom stereocenters. The van der Waals surface area contributed by atoms with Gasteiger partial charge in [-0.1, -0.05) is 329 Å². The van der Waals surface area contributed by atoms with Gasteiger partial charge >= 0.3 is 11.9 Å². The SMILES string of the molecule is CC/C=C\C/C=C\C/C=C\C/C=C\C/C=C\C/C=C\C/C=C\C/C=C\CCCCCCCCCCCCCCC(=O)OC(COC(=O)CCCCCCCCCCCCCCCCCCC/C=C\CCCCCCCCCC)COP(=O)([O-])OCC[N+](C)(C)C. The highest BCUT2D eigenvalue weighted by molar-refractivity contribution is 7.45. The molecule has 0 aliphatic heterocycles. The summed E-state index contributed by atoms with van der Waals surface area (Å²) in [6, 6.07) is 0. The second-order valence-electron chi connectivity index (χ2n) is 26.3. The second kappa shape index (κ2) is 70.0. The van der Waals surface area contributed by atoms with Crippen LogP contribution in [0.4, 0.5) is 0 Å². The fourth-order valence-electron chi connectivity index (χ4n) is 10.6. The molecule has 0 aromatic carbocycles. The number of ether oxygens (including phenoxy) is 2. The Labute approximate surface area is 556 Å². The molecule has 0 radical (unpaired) electrons. The number of likely N-dealkylation sites (N-methyl/N-ethyl adjacent to an activating group) is 1. The average molecular weight is 1280 g/mol. The zero-order chi connectivity index (χ0) is 65.5. The standard InChI is InChI=1S/C80H142NO8P/c1-6-8-10-12-14-16-18-20-22-24-26-28-30-32-34-36-37-38-39-40-41-42-43-45-47-49-51-53-55-57-59-61-63-65-67-69-71-73-80(83)89-78(77-88-90(84,85)87-75-74-81(3,4)5)76-86-79(82)72-70-68-66-64-62-60-58-56-54-52-50-48-46-44-35-33-31-29-27-25-23-21-19-17-15-13-11-9-7-2/h8,10,14,16,20,22,25-28,32,34,37-38,40-41,43,45,78H,6-7,9,11-13,15,17-19,21,23-24,29-31,33,35-36,39,42,44,46-77H2,1-5H3/b10-8-,16-14-,22-20-,27-25-,28-26-,34-32-,38-37-,41-40-,45-43-. The van der Waals surface area contributed by atoms with Crippen LogP contribution < -0.4 is 4.89 Å². The first-order valence-electron chi connectivity index (χ1n) is 37.6. The molecule has 0 saturated carbocycles. The fourth-order valence-corrected chi connectivity index (χ4v) is 11.3. The molecule has 0 heterocycles. The van der Waals surface area contributed by atoms with E-state index in [2.05, 4.69) is 123 Å². The molecule has 0 bridgehead atoms. The van der Waals surface area contributed by atoms with E-state index in [0.717, 1.165) is 89.9 Å². The summed E-state index contributed by atoms with van der Waals surface area (Å²) in [5.74, 6) is -0.826. The molecule has 2 unspecified atom stereocenters. The molecule has 90 heavy (non-hydrogen) atoms. The topological polar surface area (TPSA) is 111 Å². The molecule has 520 valence electrons. The maximum Gasteiger partial charge on any atom is 0.306 e. The molecule has 0 saturated heterocycles. The third kappa shape index (κ3) is 73.7. The summed E-state index contributed by atoms with van der Waals surface area (Å²) in [5.41, 5.74) is 0. The normalized spacial score (nSPS) is 13.7. The van der Waals surface area contributed by atoms with Crippen molar-refractivity contribution in [2.75, 3.05) is 47.5 Å². The molecular weight excluding hydrogens is 1130 g/mol. The molecule has 0 aromatic heterocycles. The number of phosphoric ester groups is 1. The lowest BCUT2D eigenvalue weighted by molar-refractivity contribution is -0.870.